The number of nitrogens with one attached hydrogen (secondary N) is 3. The molecule has 0 bridgehead atoms. The van der Waals surface area contributed by atoms with Gasteiger partial charge in [0, 0.05) is 17.5 Å². The third-order valence-corrected chi connectivity index (χ3v) is 7.29. The number of aromatic nitrogens is 2. The van der Waals surface area contributed by atoms with Crippen LogP contribution < -0.4 is 10.0 Å². The average molecular weight is 505 g/mol. The molecule has 2 heterocycles. The lowest BCUT2D eigenvalue weighted by Crippen LogP contribution is -2.28. The second-order valence-corrected chi connectivity index (χ2v) is 12.0. The van der Waals surface area contributed by atoms with Gasteiger partial charge in [-0.25, -0.2) is 13.4 Å². The number of hydrogen-bond donors (Lipinski definition) is 3. The molecule has 0 aliphatic carbocycles. The number of hydrogen-bond acceptors (Lipinski definition) is 4. The summed E-state index contributed by atoms with van der Waals surface area (Å²) in [5.41, 5.74) is 3.68. The highest BCUT2D eigenvalue weighted by Crippen LogP contribution is 2.33. The van der Waals surface area contributed by atoms with E-state index in [2.05, 4.69) is 40.8 Å². The fourth-order valence-electron chi connectivity index (χ4n) is 3.93. The van der Waals surface area contributed by atoms with Gasteiger partial charge in [-0.1, -0.05) is 77.1 Å². The quantitative estimate of drug-likeness (QED) is 0.300. The Balaban J connectivity index is 1.73. The second-order valence-electron chi connectivity index (χ2n) is 10.3. The smallest absolute Gasteiger partial charge is 0.268 e. The molecule has 0 unspecified atom stereocenters. The summed E-state index contributed by atoms with van der Waals surface area (Å²) in [6.45, 7) is 10.8. The maximum atomic E-state index is 13.1. The summed E-state index contributed by atoms with van der Waals surface area (Å²) in [7, 11) is -3.83. The number of H-pyrrole nitrogens is 1. The number of pyridine rings is 1. The molecule has 0 atom stereocenters. The number of anilines is 1. The van der Waals surface area contributed by atoms with Crippen LogP contribution >= 0.6 is 0 Å². The van der Waals surface area contributed by atoms with Crippen LogP contribution in [0.5, 0.6) is 0 Å². The lowest BCUT2D eigenvalue weighted by atomic mass is 9.87. The molecule has 2 aromatic heterocycles. The number of nitrogens with zero attached hydrogens (tertiary/aromatic N) is 1. The Labute approximate surface area is 212 Å². The van der Waals surface area contributed by atoms with Gasteiger partial charge < -0.3 is 10.3 Å². The molecule has 0 radical (unpaired) electrons. The number of aromatic amines is 1. The summed E-state index contributed by atoms with van der Waals surface area (Å²) in [4.78, 5) is 20.8. The van der Waals surface area contributed by atoms with Crippen molar-refractivity contribution in [2.24, 2.45) is 5.92 Å². The molecule has 2 aromatic carbocycles. The van der Waals surface area contributed by atoms with E-state index in [1.165, 1.54) is 6.20 Å². The van der Waals surface area contributed by atoms with Gasteiger partial charge >= 0.3 is 0 Å². The molecular weight excluding hydrogens is 472 g/mol. The second kappa shape index (κ2) is 9.78. The fourth-order valence-corrected chi connectivity index (χ4v) is 4.97. The number of carbonyl (C=O) groups is 1. The summed E-state index contributed by atoms with van der Waals surface area (Å²) < 4.78 is 28.8. The highest BCUT2D eigenvalue weighted by molar-refractivity contribution is 7.92. The minimum Gasteiger partial charge on any atom is -0.350 e. The zero-order valence-electron chi connectivity index (χ0n) is 21.2. The number of benzene rings is 2. The van der Waals surface area contributed by atoms with Gasteiger partial charge in [-0.3, -0.25) is 9.52 Å². The Morgan fingerprint density at radius 3 is 2.31 bits per heavy atom. The Morgan fingerprint density at radius 2 is 1.69 bits per heavy atom. The molecule has 0 aliphatic rings. The SMILES string of the molecule is CC(C)CNC(=O)c1[nH]c2ncc(NS(=O)(=O)c3ccc(C(C)(C)C)cc3)cc2c1-c1ccccc1. The number of rotatable bonds is 7. The van der Waals surface area contributed by atoms with Gasteiger partial charge in [0.15, 0.2) is 0 Å². The summed E-state index contributed by atoms with van der Waals surface area (Å²) in [6, 6.07) is 18.1. The van der Waals surface area contributed by atoms with Crippen molar-refractivity contribution in [1.29, 1.82) is 0 Å². The first-order chi connectivity index (χ1) is 17.0. The van der Waals surface area contributed by atoms with Crippen molar-refractivity contribution in [3.63, 3.8) is 0 Å². The summed E-state index contributed by atoms with van der Waals surface area (Å²) in [5, 5.41) is 3.60. The van der Waals surface area contributed by atoms with Gasteiger partial charge in [0.1, 0.15) is 11.3 Å². The Morgan fingerprint density at radius 1 is 1.03 bits per heavy atom. The van der Waals surface area contributed by atoms with E-state index < -0.39 is 10.0 Å². The van der Waals surface area contributed by atoms with Crippen molar-refractivity contribution < 1.29 is 13.2 Å². The molecule has 0 aliphatic heterocycles. The van der Waals surface area contributed by atoms with Crippen LogP contribution in [0.4, 0.5) is 5.69 Å². The van der Waals surface area contributed by atoms with Gasteiger partial charge in [0.05, 0.1) is 16.8 Å². The summed E-state index contributed by atoms with van der Waals surface area (Å²) >= 11 is 0. The summed E-state index contributed by atoms with van der Waals surface area (Å²) in [5.74, 6) is 0.0664. The molecule has 188 valence electrons. The molecule has 4 rings (SSSR count). The van der Waals surface area contributed by atoms with Crippen molar-refractivity contribution in [2.75, 3.05) is 11.3 Å². The molecule has 36 heavy (non-hydrogen) atoms. The van der Waals surface area contributed by atoms with Crippen molar-refractivity contribution in [2.45, 2.75) is 44.9 Å². The van der Waals surface area contributed by atoms with E-state index in [1.807, 2.05) is 56.3 Å². The third-order valence-electron chi connectivity index (χ3n) is 5.89. The third kappa shape index (κ3) is 5.44. The Hall–Kier alpha value is -3.65. The first-order valence-electron chi connectivity index (χ1n) is 11.9. The number of sulfonamides is 1. The number of amides is 1. The van der Waals surface area contributed by atoms with Crippen LogP contribution in [0.3, 0.4) is 0 Å². The van der Waals surface area contributed by atoms with E-state index in [1.54, 1.807) is 18.2 Å². The van der Waals surface area contributed by atoms with Crippen molar-refractivity contribution >= 4 is 32.7 Å². The molecule has 0 spiro atoms. The van der Waals surface area contributed by atoms with Gasteiger partial charge in [0.25, 0.3) is 15.9 Å². The van der Waals surface area contributed by atoms with E-state index in [0.717, 1.165) is 11.1 Å². The van der Waals surface area contributed by atoms with Crippen molar-refractivity contribution in [3.05, 3.63) is 78.1 Å². The molecule has 4 aromatic rings. The maximum Gasteiger partial charge on any atom is 0.268 e. The molecule has 0 fully saturated rings. The maximum absolute atomic E-state index is 13.1. The lowest BCUT2D eigenvalue weighted by Gasteiger charge is -2.19. The minimum atomic E-state index is -3.83. The monoisotopic (exact) mass is 504 g/mol. The lowest BCUT2D eigenvalue weighted by molar-refractivity contribution is 0.0945. The summed E-state index contributed by atoms with van der Waals surface area (Å²) in [6.07, 6.45) is 1.45. The highest BCUT2D eigenvalue weighted by atomic mass is 32.2. The van der Waals surface area contributed by atoms with Gasteiger partial charge in [-0.2, -0.15) is 0 Å². The predicted octanol–water partition coefficient (Wildman–Crippen LogP) is 5.71. The van der Waals surface area contributed by atoms with E-state index in [-0.39, 0.29) is 16.2 Å². The molecule has 8 heteroatoms. The van der Waals surface area contributed by atoms with Crippen LogP contribution in [0.15, 0.2) is 71.8 Å². The highest BCUT2D eigenvalue weighted by Gasteiger charge is 2.22. The zero-order valence-corrected chi connectivity index (χ0v) is 22.0. The molecule has 7 nitrogen and oxygen atoms in total. The van der Waals surface area contributed by atoms with E-state index >= 15 is 0 Å². The molecule has 0 saturated carbocycles. The fraction of sp³-hybridized carbons (Fsp3) is 0.286. The Kier molecular flexibility index (Phi) is 6.91. The van der Waals surface area contributed by atoms with E-state index in [0.29, 0.717) is 40.4 Å². The normalized spacial score (nSPS) is 12.2. The van der Waals surface area contributed by atoms with E-state index in [4.69, 9.17) is 0 Å². The van der Waals surface area contributed by atoms with Crippen LogP contribution in [0.1, 0.15) is 50.7 Å². The Bertz CT molecular complexity index is 1480. The van der Waals surface area contributed by atoms with Crippen molar-refractivity contribution in [3.8, 4) is 11.1 Å². The largest absolute Gasteiger partial charge is 0.350 e. The average Bonchev–Trinajstić information content (AvgIpc) is 3.21. The number of carbonyl (C=O) groups excluding carboxylic acids is 1. The standard InChI is InChI=1S/C28H32N4O3S/c1-18(2)16-30-27(33)25-24(19-9-7-6-8-10-19)23-15-21(17-29-26(23)31-25)32-36(34,35)22-13-11-20(12-14-22)28(3,4)5/h6-15,17-18,32H,16H2,1-5H3,(H,29,31)(H,30,33). The van der Waals surface area contributed by atoms with Gasteiger partial charge in [0.2, 0.25) is 0 Å². The first-order valence-corrected chi connectivity index (χ1v) is 13.4. The van der Waals surface area contributed by atoms with Gasteiger partial charge in [-0.05, 0) is 40.7 Å². The minimum absolute atomic E-state index is 0.0774. The molecule has 1 amide bonds. The number of fused-ring (bicyclic) bond motifs is 1. The molecule has 0 saturated heterocycles. The first kappa shape index (κ1) is 25.4. The zero-order chi connectivity index (χ0) is 26.1. The molecule has 3 N–H and O–H groups in total. The van der Waals surface area contributed by atoms with Crippen LogP contribution in [-0.4, -0.2) is 30.8 Å². The van der Waals surface area contributed by atoms with Gasteiger partial charge in [-0.15, -0.1) is 0 Å². The van der Waals surface area contributed by atoms with Crippen LogP contribution in [0.2, 0.25) is 0 Å². The molecular formula is C28H32N4O3S. The topological polar surface area (TPSA) is 104 Å². The predicted molar refractivity (Wildman–Crippen MR) is 145 cm³/mol. The van der Waals surface area contributed by atoms with E-state index in [9.17, 15) is 13.2 Å². The van der Waals surface area contributed by atoms with Crippen LogP contribution in [-0.2, 0) is 15.4 Å². The van der Waals surface area contributed by atoms with Crippen LogP contribution in [0, 0.1) is 5.92 Å². The van der Waals surface area contributed by atoms with Crippen molar-refractivity contribution in [1.82, 2.24) is 15.3 Å². The van der Waals surface area contributed by atoms with Crippen LogP contribution in [0.25, 0.3) is 22.2 Å².